The van der Waals surface area contributed by atoms with Gasteiger partial charge in [-0.25, -0.2) is 0 Å². The van der Waals surface area contributed by atoms with Gasteiger partial charge in [0.15, 0.2) is 6.10 Å². The van der Waals surface area contributed by atoms with Crippen molar-refractivity contribution in [2.75, 3.05) is 13.6 Å². The molecule has 1 aliphatic heterocycles. The number of nitrogens with zero attached hydrogens (tertiary/aromatic N) is 1. The van der Waals surface area contributed by atoms with Crippen LogP contribution in [-0.2, 0) is 0 Å². The van der Waals surface area contributed by atoms with Gasteiger partial charge < -0.3 is 9.84 Å². The summed E-state index contributed by atoms with van der Waals surface area (Å²) in [5, 5.41) is 11.2. The van der Waals surface area contributed by atoms with Gasteiger partial charge in [-0.2, -0.15) is 0 Å². The van der Waals surface area contributed by atoms with E-state index in [0.717, 1.165) is 0 Å². The Kier molecular flexibility index (Phi) is 4.13. The van der Waals surface area contributed by atoms with Gasteiger partial charge in [-0.15, -0.1) is 0 Å². The maximum Gasteiger partial charge on any atom is 0.181 e. The minimum atomic E-state index is -0.515. The zero-order valence-electron chi connectivity index (χ0n) is 12.8. The lowest BCUT2D eigenvalue weighted by molar-refractivity contribution is 0.0601. The van der Waals surface area contributed by atoms with Gasteiger partial charge in [-0.1, -0.05) is 35.9 Å². The highest BCUT2D eigenvalue weighted by atomic mass is 35.5. The van der Waals surface area contributed by atoms with Gasteiger partial charge in [-0.05, 0) is 37.3 Å². The Morgan fingerprint density at radius 3 is 2.55 bits per heavy atom. The Balaban J connectivity index is 1.85. The van der Waals surface area contributed by atoms with Gasteiger partial charge in [0.2, 0.25) is 0 Å². The number of benzene rings is 2. The van der Waals surface area contributed by atoms with Crippen molar-refractivity contribution in [3.05, 3.63) is 59.6 Å². The molecule has 1 N–H and O–H groups in total. The number of aliphatic hydroxyl groups is 1. The van der Waals surface area contributed by atoms with Crippen LogP contribution in [0, 0.1) is 0 Å². The van der Waals surface area contributed by atoms with Gasteiger partial charge >= 0.3 is 0 Å². The van der Waals surface area contributed by atoms with Crippen LogP contribution in [-0.4, -0.2) is 36.9 Å². The number of aliphatic hydroxyl groups excluding tert-OH is 1. The summed E-state index contributed by atoms with van der Waals surface area (Å²) in [5.74, 6) is 0.699. The van der Waals surface area contributed by atoms with Gasteiger partial charge in [0.1, 0.15) is 30.1 Å². The number of halogens is 1. The van der Waals surface area contributed by atoms with Crippen molar-refractivity contribution in [3.63, 3.8) is 0 Å². The van der Waals surface area contributed by atoms with E-state index in [1.807, 2.05) is 36.4 Å². The van der Waals surface area contributed by atoms with Gasteiger partial charge in [-0.3, -0.25) is 4.48 Å². The molecule has 2 aromatic carbocycles. The maximum absolute atomic E-state index is 10.5. The largest absolute Gasteiger partial charge is 0.481 e. The van der Waals surface area contributed by atoms with Crippen molar-refractivity contribution in [3.8, 4) is 5.75 Å². The summed E-state index contributed by atoms with van der Waals surface area (Å²) in [6.07, 6.45) is -0.775. The average Bonchev–Trinajstić information content (AvgIpc) is 2.73. The molecule has 4 unspecified atom stereocenters. The first-order valence-corrected chi connectivity index (χ1v) is 7.89. The van der Waals surface area contributed by atoms with E-state index in [1.54, 1.807) is 6.07 Å². The number of quaternary nitrogens is 1. The molecule has 3 rings (SSSR count). The molecule has 0 amide bonds. The van der Waals surface area contributed by atoms with Crippen LogP contribution < -0.4 is 9.22 Å². The number of rotatable bonds is 3. The topological polar surface area (TPSA) is 29.5 Å². The molecular formula is C18H21ClNO2+. The van der Waals surface area contributed by atoms with E-state index >= 15 is 0 Å². The molecule has 3 nitrogen and oxygen atoms in total. The third kappa shape index (κ3) is 2.72. The van der Waals surface area contributed by atoms with Gasteiger partial charge in [0.05, 0.1) is 7.05 Å². The highest BCUT2D eigenvalue weighted by Crippen LogP contribution is 2.34. The highest BCUT2D eigenvalue weighted by Gasteiger charge is 2.51. The molecule has 0 radical (unpaired) electrons. The Morgan fingerprint density at radius 2 is 1.86 bits per heavy atom. The first-order chi connectivity index (χ1) is 10.5. The summed E-state index contributed by atoms with van der Waals surface area (Å²) in [4.78, 5) is 0. The summed E-state index contributed by atoms with van der Waals surface area (Å²) in [6.45, 7) is 2.76. The van der Waals surface area contributed by atoms with Crippen molar-refractivity contribution >= 4 is 17.3 Å². The van der Waals surface area contributed by atoms with Gasteiger partial charge in [0, 0.05) is 5.02 Å². The standard InChI is InChI=1S/C18H21ClNO2/c1-13-18(22-16-10-6-7-14(19)11-16)17(21)12-20(13,2)15-8-4-3-5-9-15/h3-11,13,17-18,21H,12H2,1-2H3/q+1. The molecule has 0 aromatic heterocycles. The van der Waals surface area contributed by atoms with Crippen molar-refractivity contribution in [1.29, 1.82) is 0 Å². The molecule has 1 aliphatic rings. The van der Waals surface area contributed by atoms with Crippen LogP contribution >= 0.6 is 11.6 Å². The number of likely N-dealkylation sites (N-methyl/N-ethyl adjacent to an activating group) is 1. The molecule has 2 aromatic rings. The highest BCUT2D eigenvalue weighted by molar-refractivity contribution is 6.30. The Hall–Kier alpha value is -1.55. The second-order valence-corrected chi connectivity index (χ2v) is 6.57. The minimum absolute atomic E-state index is 0.136. The predicted octanol–water partition coefficient (Wildman–Crippen LogP) is 3.49. The third-order valence-electron chi connectivity index (χ3n) is 4.73. The van der Waals surface area contributed by atoms with Crippen molar-refractivity contribution in [2.24, 2.45) is 0 Å². The van der Waals surface area contributed by atoms with Crippen LogP contribution in [0.5, 0.6) is 5.75 Å². The number of likely N-dealkylation sites (tertiary alicyclic amines) is 1. The molecule has 1 fully saturated rings. The molecule has 1 saturated heterocycles. The van der Waals surface area contributed by atoms with Crippen molar-refractivity contribution in [2.45, 2.75) is 25.2 Å². The summed E-state index contributed by atoms with van der Waals surface area (Å²) in [6, 6.07) is 17.7. The number of hydrogen-bond donors (Lipinski definition) is 1. The molecule has 22 heavy (non-hydrogen) atoms. The number of para-hydroxylation sites is 1. The molecule has 116 valence electrons. The molecule has 1 heterocycles. The lowest BCUT2D eigenvalue weighted by Crippen LogP contribution is -2.51. The molecule has 4 heteroatoms. The van der Waals surface area contributed by atoms with Crippen LogP contribution in [0.4, 0.5) is 5.69 Å². The van der Waals surface area contributed by atoms with Crippen LogP contribution in [0.25, 0.3) is 0 Å². The van der Waals surface area contributed by atoms with E-state index in [0.29, 0.717) is 21.8 Å². The van der Waals surface area contributed by atoms with Crippen LogP contribution in [0.3, 0.4) is 0 Å². The fraction of sp³-hybridized carbons (Fsp3) is 0.333. The fourth-order valence-corrected chi connectivity index (χ4v) is 3.47. The molecule has 0 bridgehead atoms. The Bertz CT molecular complexity index is 649. The first kappa shape index (κ1) is 15.3. The van der Waals surface area contributed by atoms with Crippen molar-refractivity contribution in [1.82, 2.24) is 4.48 Å². The van der Waals surface area contributed by atoms with Crippen LogP contribution in [0.2, 0.25) is 5.02 Å². The Morgan fingerprint density at radius 1 is 1.14 bits per heavy atom. The molecule has 0 aliphatic carbocycles. The second kappa shape index (κ2) is 5.92. The zero-order chi connectivity index (χ0) is 15.7. The van der Waals surface area contributed by atoms with Crippen LogP contribution in [0.1, 0.15) is 6.92 Å². The van der Waals surface area contributed by atoms with Crippen molar-refractivity contribution < 1.29 is 9.84 Å². The minimum Gasteiger partial charge on any atom is -0.481 e. The smallest absolute Gasteiger partial charge is 0.181 e. The summed E-state index contributed by atoms with van der Waals surface area (Å²) >= 11 is 6.01. The number of ether oxygens (including phenoxy) is 1. The van der Waals surface area contributed by atoms with E-state index in [4.69, 9.17) is 16.3 Å². The third-order valence-corrected chi connectivity index (χ3v) is 4.97. The van der Waals surface area contributed by atoms with E-state index in [1.165, 1.54) is 5.69 Å². The molecular weight excluding hydrogens is 298 g/mol. The summed E-state index contributed by atoms with van der Waals surface area (Å²) < 4.78 is 6.71. The normalized spacial score (nSPS) is 31.2. The monoisotopic (exact) mass is 318 g/mol. The SMILES string of the molecule is CC1C(Oc2cccc(Cl)c2)C(O)C[N+]1(C)c1ccccc1. The van der Waals surface area contributed by atoms with Crippen LogP contribution in [0.15, 0.2) is 54.6 Å². The van der Waals surface area contributed by atoms with E-state index < -0.39 is 6.10 Å². The molecule has 4 atom stereocenters. The average molecular weight is 319 g/mol. The zero-order valence-corrected chi connectivity index (χ0v) is 13.6. The van der Waals surface area contributed by atoms with Gasteiger partial charge in [0.25, 0.3) is 0 Å². The lowest BCUT2D eigenvalue weighted by atomic mass is 10.1. The summed E-state index contributed by atoms with van der Waals surface area (Å²) in [7, 11) is 2.14. The maximum atomic E-state index is 10.5. The van der Waals surface area contributed by atoms with E-state index in [2.05, 4.69) is 26.1 Å². The lowest BCUT2D eigenvalue weighted by Gasteiger charge is -2.34. The summed E-state index contributed by atoms with van der Waals surface area (Å²) in [5.41, 5.74) is 1.19. The predicted molar refractivity (Wildman–Crippen MR) is 90.4 cm³/mol. The molecule has 0 saturated carbocycles. The molecule has 0 spiro atoms. The quantitative estimate of drug-likeness (QED) is 0.878. The number of hydrogen-bond acceptors (Lipinski definition) is 2. The second-order valence-electron chi connectivity index (χ2n) is 6.13. The first-order valence-electron chi connectivity index (χ1n) is 7.52. The van der Waals surface area contributed by atoms with E-state index in [9.17, 15) is 5.11 Å². The Labute approximate surface area is 136 Å². The fourth-order valence-electron chi connectivity index (χ4n) is 3.29. The van der Waals surface area contributed by atoms with E-state index in [-0.39, 0.29) is 12.1 Å².